The molecule has 0 aromatic heterocycles. The van der Waals surface area contributed by atoms with E-state index in [0.717, 1.165) is 31.2 Å². The molecular formula is C16H23NO2. The fourth-order valence-corrected chi connectivity index (χ4v) is 3.60. The zero-order valence-electron chi connectivity index (χ0n) is 11.7. The maximum absolute atomic E-state index is 10.2. The Kier molecular flexibility index (Phi) is 3.06. The molecule has 0 amide bonds. The summed E-state index contributed by atoms with van der Waals surface area (Å²) < 4.78 is 0. The van der Waals surface area contributed by atoms with Crippen LogP contribution < -0.4 is 5.32 Å². The second-order valence-corrected chi connectivity index (χ2v) is 6.38. The lowest BCUT2D eigenvalue weighted by molar-refractivity contribution is -0.0333. The predicted octanol–water partition coefficient (Wildman–Crippen LogP) is 2.75. The van der Waals surface area contributed by atoms with Gasteiger partial charge in [0.2, 0.25) is 0 Å². The molecule has 2 atom stereocenters. The van der Waals surface area contributed by atoms with Gasteiger partial charge in [-0.25, -0.2) is 0 Å². The molecule has 0 radical (unpaired) electrons. The van der Waals surface area contributed by atoms with Gasteiger partial charge in [0.1, 0.15) is 5.75 Å². The summed E-state index contributed by atoms with van der Waals surface area (Å²) in [5, 5.41) is 23.8. The van der Waals surface area contributed by atoms with E-state index in [1.54, 1.807) is 6.07 Å². The Morgan fingerprint density at radius 1 is 1.32 bits per heavy atom. The summed E-state index contributed by atoms with van der Waals surface area (Å²) in [5.41, 5.74) is 3.09. The van der Waals surface area contributed by atoms with Gasteiger partial charge in [0.25, 0.3) is 0 Å². The molecule has 1 saturated carbocycles. The highest BCUT2D eigenvalue weighted by molar-refractivity contribution is 5.50. The van der Waals surface area contributed by atoms with Crippen molar-refractivity contribution < 1.29 is 10.2 Å². The second kappa shape index (κ2) is 4.50. The molecule has 0 heterocycles. The molecular weight excluding hydrogens is 238 g/mol. The third-order valence-corrected chi connectivity index (χ3v) is 4.87. The van der Waals surface area contributed by atoms with Crippen LogP contribution in [0.25, 0.3) is 0 Å². The van der Waals surface area contributed by atoms with Crippen LogP contribution >= 0.6 is 0 Å². The molecule has 0 aliphatic heterocycles. The fraction of sp³-hybridized carbons (Fsp3) is 0.625. The Morgan fingerprint density at radius 3 is 2.68 bits per heavy atom. The molecule has 1 fully saturated rings. The Balaban J connectivity index is 1.81. The standard InChI is InChI=1S/C16H23NO2/c1-10-4-5-13(18)15-12(8-11(2)14(10)15)17-9-16(19)6-3-7-16/h4-5,11-12,17-19H,3,6-9H2,1-2H3. The molecule has 0 saturated heterocycles. The van der Waals surface area contributed by atoms with Crippen LogP contribution in [-0.2, 0) is 0 Å². The first-order chi connectivity index (χ1) is 9.00. The highest BCUT2D eigenvalue weighted by atomic mass is 16.3. The molecule has 19 heavy (non-hydrogen) atoms. The number of benzene rings is 1. The van der Waals surface area contributed by atoms with Gasteiger partial charge in [-0.2, -0.15) is 0 Å². The smallest absolute Gasteiger partial charge is 0.120 e. The van der Waals surface area contributed by atoms with E-state index in [1.165, 1.54) is 11.1 Å². The van der Waals surface area contributed by atoms with Crippen LogP contribution in [-0.4, -0.2) is 22.4 Å². The zero-order chi connectivity index (χ0) is 13.6. The minimum atomic E-state index is -0.508. The van der Waals surface area contributed by atoms with E-state index in [9.17, 15) is 10.2 Å². The largest absolute Gasteiger partial charge is 0.508 e. The SMILES string of the molecule is Cc1ccc(O)c2c1C(C)CC2NCC1(O)CCC1. The van der Waals surface area contributed by atoms with E-state index in [4.69, 9.17) is 0 Å². The zero-order valence-corrected chi connectivity index (χ0v) is 11.7. The van der Waals surface area contributed by atoms with Crippen LogP contribution in [0.2, 0.25) is 0 Å². The van der Waals surface area contributed by atoms with E-state index in [-0.39, 0.29) is 6.04 Å². The minimum absolute atomic E-state index is 0.175. The van der Waals surface area contributed by atoms with Gasteiger partial charge >= 0.3 is 0 Å². The first-order valence-corrected chi connectivity index (χ1v) is 7.28. The van der Waals surface area contributed by atoms with Crippen molar-refractivity contribution in [3.05, 3.63) is 28.8 Å². The monoisotopic (exact) mass is 261 g/mol. The van der Waals surface area contributed by atoms with Crippen LogP contribution in [0.15, 0.2) is 12.1 Å². The van der Waals surface area contributed by atoms with Crippen molar-refractivity contribution in [2.24, 2.45) is 0 Å². The molecule has 3 nitrogen and oxygen atoms in total. The Bertz CT molecular complexity index is 494. The number of hydrogen-bond donors (Lipinski definition) is 3. The average Bonchev–Trinajstić information content (AvgIpc) is 2.67. The van der Waals surface area contributed by atoms with Gasteiger partial charge in [-0.05, 0) is 55.7 Å². The number of aliphatic hydroxyl groups is 1. The summed E-state index contributed by atoms with van der Waals surface area (Å²) in [6.45, 7) is 4.96. The minimum Gasteiger partial charge on any atom is -0.508 e. The van der Waals surface area contributed by atoms with Gasteiger partial charge in [-0.3, -0.25) is 0 Å². The van der Waals surface area contributed by atoms with Gasteiger partial charge in [-0.15, -0.1) is 0 Å². The van der Waals surface area contributed by atoms with E-state index in [0.29, 0.717) is 18.2 Å². The van der Waals surface area contributed by atoms with E-state index in [1.807, 2.05) is 6.07 Å². The Labute approximate surface area is 114 Å². The number of hydrogen-bond acceptors (Lipinski definition) is 3. The third-order valence-electron chi connectivity index (χ3n) is 4.87. The van der Waals surface area contributed by atoms with Crippen molar-refractivity contribution in [2.75, 3.05) is 6.54 Å². The molecule has 0 spiro atoms. The molecule has 2 unspecified atom stereocenters. The van der Waals surface area contributed by atoms with Crippen molar-refractivity contribution in [1.82, 2.24) is 5.32 Å². The van der Waals surface area contributed by atoms with Crippen molar-refractivity contribution in [2.45, 2.75) is 57.1 Å². The van der Waals surface area contributed by atoms with E-state index in [2.05, 4.69) is 19.2 Å². The number of rotatable bonds is 3. The maximum Gasteiger partial charge on any atom is 0.120 e. The number of aryl methyl sites for hydroxylation is 1. The maximum atomic E-state index is 10.2. The highest BCUT2D eigenvalue weighted by Gasteiger charge is 2.37. The number of phenolic OH excluding ortho intramolecular Hbond substituents is 1. The summed E-state index contributed by atoms with van der Waals surface area (Å²) in [4.78, 5) is 0. The first kappa shape index (κ1) is 12.9. The third kappa shape index (κ3) is 2.15. The van der Waals surface area contributed by atoms with Crippen molar-refractivity contribution >= 4 is 0 Å². The molecule has 2 aliphatic rings. The fourth-order valence-electron chi connectivity index (χ4n) is 3.60. The summed E-state index contributed by atoms with van der Waals surface area (Å²) in [6.07, 6.45) is 3.92. The molecule has 0 bridgehead atoms. The Morgan fingerprint density at radius 2 is 2.05 bits per heavy atom. The quantitative estimate of drug-likeness (QED) is 0.784. The predicted molar refractivity (Wildman–Crippen MR) is 75.4 cm³/mol. The molecule has 1 aromatic carbocycles. The number of nitrogens with one attached hydrogen (secondary N) is 1. The summed E-state index contributed by atoms with van der Waals surface area (Å²) in [7, 11) is 0. The Hall–Kier alpha value is -1.06. The number of aromatic hydroxyl groups is 1. The van der Waals surface area contributed by atoms with Crippen molar-refractivity contribution in [3.8, 4) is 5.75 Å². The lowest BCUT2D eigenvalue weighted by Crippen LogP contribution is -2.46. The van der Waals surface area contributed by atoms with Crippen LogP contribution in [0.4, 0.5) is 0 Å². The van der Waals surface area contributed by atoms with Crippen LogP contribution in [0, 0.1) is 6.92 Å². The molecule has 2 aliphatic carbocycles. The van der Waals surface area contributed by atoms with Gasteiger partial charge < -0.3 is 15.5 Å². The molecule has 104 valence electrons. The van der Waals surface area contributed by atoms with Gasteiger partial charge in [0, 0.05) is 18.2 Å². The number of phenols is 1. The molecule has 3 N–H and O–H groups in total. The second-order valence-electron chi connectivity index (χ2n) is 6.38. The van der Waals surface area contributed by atoms with E-state index >= 15 is 0 Å². The summed E-state index contributed by atoms with van der Waals surface area (Å²) in [6, 6.07) is 3.96. The van der Waals surface area contributed by atoms with Crippen molar-refractivity contribution in [3.63, 3.8) is 0 Å². The van der Waals surface area contributed by atoms with Crippen LogP contribution in [0.1, 0.15) is 61.3 Å². The van der Waals surface area contributed by atoms with E-state index < -0.39 is 5.60 Å². The topological polar surface area (TPSA) is 52.5 Å². The molecule has 1 aromatic rings. The number of fused-ring (bicyclic) bond motifs is 1. The van der Waals surface area contributed by atoms with Gasteiger partial charge in [0.15, 0.2) is 0 Å². The average molecular weight is 261 g/mol. The highest BCUT2D eigenvalue weighted by Crippen LogP contribution is 2.46. The lowest BCUT2D eigenvalue weighted by atomic mass is 9.80. The first-order valence-electron chi connectivity index (χ1n) is 7.28. The normalized spacial score (nSPS) is 27.9. The van der Waals surface area contributed by atoms with Crippen LogP contribution in [0.3, 0.4) is 0 Å². The lowest BCUT2D eigenvalue weighted by Gasteiger charge is -2.37. The summed E-state index contributed by atoms with van der Waals surface area (Å²) >= 11 is 0. The summed E-state index contributed by atoms with van der Waals surface area (Å²) in [5.74, 6) is 0.860. The van der Waals surface area contributed by atoms with Crippen molar-refractivity contribution in [1.29, 1.82) is 0 Å². The molecule has 3 rings (SSSR count). The van der Waals surface area contributed by atoms with Crippen LogP contribution in [0.5, 0.6) is 5.75 Å². The van der Waals surface area contributed by atoms with Gasteiger partial charge in [0.05, 0.1) is 5.60 Å². The molecule has 3 heteroatoms. The van der Waals surface area contributed by atoms with Gasteiger partial charge in [-0.1, -0.05) is 13.0 Å².